The fraction of sp³-hybridized carbons (Fsp3) is 0.200. The van der Waals surface area contributed by atoms with E-state index in [9.17, 15) is 5.11 Å². The molecular weight excluding hydrogens is 295 g/mol. The molecule has 1 N–H and O–H groups in total. The molecule has 19 heavy (non-hydrogen) atoms. The molecule has 0 aliphatic heterocycles. The van der Waals surface area contributed by atoms with Gasteiger partial charge < -0.3 is 5.11 Å². The van der Waals surface area contributed by atoms with Crippen LogP contribution in [0.3, 0.4) is 0 Å². The van der Waals surface area contributed by atoms with E-state index in [2.05, 4.69) is 6.92 Å². The van der Waals surface area contributed by atoms with Crippen LogP contribution in [0.5, 0.6) is 5.75 Å². The van der Waals surface area contributed by atoms with Crippen LogP contribution in [-0.2, 0) is 0 Å². The number of hydrogen-bond donors (Lipinski definition) is 1. The highest BCUT2D eigenvalue weighted by atomic mass is 35.7. The lowest BCUT2D eigenvalue weighted by Crippen LogP contribution is -2.37. The van der Waals surface area contributed by atoms with Gasteiger partial charge in [0.1, 0.15) is 5.75 Å². The number of rotatable bonds is 4. The van der Waals surface area contributed by atoms with Gasteiger partial charge in [0.25, 0.3) is 6.69 Å². The summed E-state index contributed by atoms with van der Waals surface area (Å²) >= 11 is 13.2. The number of phenolic OH excluding ortho intramolecular Hbond substituents is 1. The van der Waals surface area contributed by atoms with Gasteiger partial charge >= 0.3 is 0 Å². The lowest BCUT2D eigenvalue weighted by atomic mass is 10.0. The van der Waals surface area contributed by atoms with E-state index in [0.29, 0.717) is 0 Å². The average Bonchev–Trinajstić information content (AvgIpc) is 2.39. The minimum absolute atomic E-state index is 0.217. The van der Waals surface area contributed by atoms with Crippen LogP contribution in [0, 0.1) is 0 Å². The third-order valence-corrected chi connectivity index (χ3v) is 7.74. The van der Waals surface area contributed by atoms with Crippen LogP contribution in [0.25, 0.3) is 0 Å². The quantitative estimate of drug-likeness (QED) is 0.658. The van der Waals surface area contributed by atoms with Crippen molar-refractivity contribution in [2.45, 2.75) is 18.9 Å². The van der Waals surface area contributed by atoms with Crippen molar-refractivity contribution in [3.8, 4) is 5.75 Å². The first-order chi connectivity index (χ1) is 8.99. The van der Waals surface area contributed by atoms with Crippen LogP contribution in [0.2, 0.25) is 6.04 Å². The van der Waals surface area contributed by atoms with Crippen LogP contribution in [0.15, 0.2) is 54.6 Å². The molecular formula is C15H16Cl2OSi. The van der Waals surface area contributed by atoms with Gasteiger partial charge in [0.2, 0.25) is 0 Å². The summed E-state index contributed by atoms with van der Waals surface area (Å²) in [6.07, 6.45) is 0. The molecule has 0 saturated heterocycles. The van der Waals surface area contributed by atoms with Crippen molar-refractivity contribution in [3.05, 3.63) is 60.2 Å². The zero-order valence-electron chi connectivity index (χ0n) is 10.7. The van der Waals surface area contributed by atoms with E-state index in [1.165, 1.54) is 0 Å². The molecule has 0 amide bonds. The van der Waals surface area contributed by atoms with E-state index in [1.54, 1.807) is 12.1 Å². The van der Waals surface area contributed by atoms with Gasteiger partial charge in [-0.1, -0.05) is 49.4 Å². The van der Waals surface area contributed by atoms with Crippen LogP contribution in [-0.4, -0.2) is 11.8 Å². The lowest BCUT2D eigenvalue weighted by Gasteiger charge is -2.22. The average molecular weight is 311 g/mol. The van der Waals surface area contributed by atoms with E-state index >= 15 is 0 Å². The summed E-state index contributed by atoms with van der Waals surface area (Å²) in [5.41, 5.74) is 1.06. The molecule has 1 nitrogen and oxygen atoms in total. The SMILES string of the molecule is CC(C[Si](Cl)(Cl)c1ccccc1)c1cccc(O)c1. The molecule has 0 bridgehead atoms. The molecule has 0 aliphatic rings. The predicted octanol–water partition coefficient (Wildman–Crippen LogP) is 4.32. The summed E-state index contributed by atoms with van der Waals surface area (Å²) in [7, 11) is 0. The fourth-order valence-electron chi connectivity index (χ4n) is 2.13. The molecule has 0 radical (unpaired) electrons. The second-order valence-corrected chi connectivity index (χ2v) is 11.6. The topological polar surface area (TPSA) is 20.2 Å². The van der Waals surface area contributed by atoms with Gasteiger partial charge in [0.15, 0.2) is 0 Å². The van der Waals surface area contributed by atoms with Gasteiger partial charge in [-0.25, -0.2) is 0 Å². The highest BCUT2D eigenvalue weighted by Crippen LogP contribution is 2.32. The summed E-state index contributed by atoms with van der Waals surface area (Å²) < 4.78 is 0. The van der Waals surface area contributed by atoms with E-state index < -0.39 is 6.69 Å². The summed E-state index contributed by atoms with van der Waals surface area (Å²) in [5, 5.41) is 10.6. The van der Waals surface area contributed by atoms with Crippen molar-refractivity contribution in [1.29, 1.82) is 0 Å². The standard InChI is InChI=1S/C15H16Cl2OSi/c1-12(13-6-5-7-14(18)10-13)11-19(16,17)15-8-3-2-4-9-15/h2-10,12,18H,11H2,1H3. The minimum Gasteiger partial charge on any atom is -0.508 e. The van der Waals surface area contributed by atoms with Crippen LogP contribution >= 0.6 is 22.2 Å². The Labute approximate surface area is 124 Å². The van der Waals surface area contributed by atoms with Gasteiger partial charge in [-0.15, -0.1) is 22.2 Å². The Morgan fingerprint density at radius 1 is 1.05 bits per heavy atom. The summed E-state index contributed by atoms with van der Waals surface area (Å²) in [4.78, 5) is 0. The van der Waals surface area contributed by atoms with E-state index in [1.807, 2.05) is 42.5 Å². The molecule has 0 fully saturated rings. The monoisotopic (exact) mass is 310 g/mol. The highest BCUT2D eigenvalue weighted by Gasteiger charge is 2.33. The Hall–Kier alpha value is -0.963. The van der Waals surface area contributed by atoms with E-state index in [-0.39, 0.29) is 11.7 Å². The maximum Gasteiger partial charge on any atom is 0.281 e. The molecule has 2 rings (SSSR count). The number of hydrogen-bond acceptors (Lipinski definition) is 1. The van der Waals surface area contributed by atoms with Crippen molar-refractivity contribution in [1.82, 2.24) is 0 Å². The zero-order chi connectivity index (χ0) is 13.9. The van der Waals surface area contributed by atoms with E-state index in [4.69, 9.17) is 22.2 Å². The fourth-order valence-corrected chi connectivity index (χ4v) is 6.20. The first-order valence-electron chi connectivity index (χ1n) is 6.21. The Bertz CT molecular complexity index is 543. The molecule has 0 aliphatic carbocycles. The molecule has 2 aromatic carbocycles. The maximum absolute atomic E-state index is 9.52. The van der Waals surface area contributed by atoms with Crippen molar-refractivity contribution < 1.29 is 5.11 Å². The second kappa shape index (κ2) is 5.99. The first-order valence-corrected chi connectivity index (χ1v) is 10.4. The molecule has 2 aromatic rings. The molecule has 0 spiro atoms. The van der Waals surface area contributed by atoms with E-state index in [0.717, 1.165) is 16.8 Å². The lowest BCUT2D eigenvalue weighted by molar-refractivity contribution is 0.474. The summed E-state index contributed by atoms with van der Waals surface area (Å²) in [6, 6.07) is 17.9. The maximum atomic E-state index is 9.52. The largest absolute Gasteiger partial charge is 0.508 e. The van der Waals surface area contributed by atoms with Gasteiger partial charge in [0, 0.05) is 0 Å². The first kappa shape index (κ1) is 14.4. The van der Waals surface area contributed by atoms with Crippen molar-refractivity contribution in [2.24, 2.45) is 0 Å². The second-order valence-electron chi connectivity index (χ2n) is 4.77. The normalized spacial score (nSPS) is 13.2. The molecule has 1 atom stereocenters. The van der Waals surface area contributed by atoms with Crippen LogP contribution in [0.4, 0.5) is 0 Å². The van der Waals surface area contributed by atoms with Crippen LogP contribution in [0.1, 0.15) is 18.4 Å². The molecule has 100 valence electrons. The Kier molecular flexibility index (Phi) is 4.56. The molecule has 1 unspecified atom stereocenters. The van der Waals surface area contributed by atoms with Crippen molar-refractivity contribution in [2.75, 3.05) is 0 Å². The van der Waals surface area contributed by atoms with Crippen LogP contribution < -0.4 is 5.19 Å². The zero-order valence-corrected chi connectivity index (χ0v) is 13.2. The third kappa shape index (κ3) is 3.75. The van der Waals surface area contributed by atoms with Crippen molar-refractivity contribution >= 4 is 34.0 Å². The number of phenols is 1. The number of aromatic hydroxyl groups is 1. The summed E-state index contributed by atoms with van der Waals surface area (Å²) in [6.45, 7) is -0.392. The number of halogens is 2. The molecule has 4 heteroatoms. The summed E-state index contributed by atoms with van der Waals surface area (Å²) in [5.74, 6) is 0.495. The third-order valence-electron chi connectivity index (χ3n) is 3.20. The van der Waals surface area contributed by atoms with Gasteiger partial charge in [0.05, 0.1) is 0 Å². The predicted molar refractivity (Wildman–Crippen MR) is 84.9 cm³/mol. The Morgan fingerprint density at radius 3 is 2.37 bits per heavy atom. The number of benzene rings is 2. The van der Waals surface area contributed by atoms with Gasteiger partial charge in [-0.2, -0.15) is 0 Å². The Balaban J connectivity index is 2.16. The highest BCUT2D eigenvalue weighted by molar-refractivity contribution is 7.51. The molecule has 0 saturated carbocycles. The molecule has 0 heterocycles. The smallest absolute Gasteiger partial charge is 0.281 e. The molecule has 0 aromatic heterocycles. The van der Waals surface area contributed by atoms with Gasteiger partial charge in [-0.05, 0) is 34.8 Å². The minimum atomic E-state index is -2.48. The van der Waals surface area contributed by atoms with Crippen molar-refractivity contribution in [3.63, 3.8) is 0 Å². The Morgan fingerprint density at radius 2 is 1.74 bits per heavy atom. The van der Waals surface area contributed by atoms with Gasteiger partial charge in [-0.3, -0.25) is 0 Å².